The zero-order valence-electron chi connectivity index (χ0n) is 17.5. The average Bonchev–Trinajstić information content (AvgIpc) is 3.44. The summed E-state index contributed by atoms with van der Waals surface area (Å²) in [6.45, 7) is 4.29. The number of carbonyl (C=O) groups is 3. The Balaban J connectivity index is 1.48. The number of nitrogens with one attached hydrogen (secondary N) is 2. The van der Waals surface area contributed by atoms with Crippen LogP contribution >= 0.6 is 22.7 Å². The van der Waals surface area contributed by atoms with Gasteiger partial charge in [-0.2, -0.15) is 0 Å². The van der Waals surface area contributed by atoms with E-state index in [1.54, 1.807) is 35.5 Å². The molecule has 0 saturated heterocycles. The summed E-state index contributed by atoms with van der Waals surface area (Å²) in [5, 5.41) is 9.66. The number of hydrogen-bond acceptors (Lipinski definition) is 6. The molecule has 162 valence electrons. The molecule has 0 bridgehead atoms. The quantitative estimate of drug-likeness (QED) is 0.539. The Labute approximate surface area is 189 Å². The molecule has 2 N–H and O–H groups in total. The maximum atomic E-state index is 12.3. The van der Waals surface area contributed by atoms with E-state index in [9.17, 15) is 14.4 Å². The van der Waals surface area contributed by atoms with Gasteiger partial charge in [0.25, 0.3) is 11.8 Å². The lowest BCUT2D eigenvalue weighted by molar-refractivity contribution is -0.120. The lowest BCUT2D eigenvalue weighted by Gasteiger charge is -2.21. The van der Waals surface area contributed by atoms with Crippen molar-refractivity contribution in [1.82, 2.24) is 15.2 Å². The molecule has 0 aliphatic carbocycles. The molecule has 3 aromatic rings. The topological polar surface area (TPSA) is 91.4 Å². The fourth-order valence-corrected chi connectivity index (χ4v) is 3.97. The highest BCUT2D eigenvalue weighted by Gasteiger charge is 2.14. The Morgan fingerprint density at radius 1 is 1.10 bits per heavy atom. The van der Waals surface area contributed by atoms with Crippen LogP contribution in [-0.4, -0.2) is 40.7 Å². The van der Waals surface area contributed by atoms with E-state index in [4.69, 9.17) is 0 Å². The lowest BCUT2D eigenvalue weighted by atomic mass is 10.1. The van der Waals surface area contributed by atoms with Crippen LogP contribution in [0.1, 0.15) is 45.1 Å². The zero-order valence-corrected chi connectivity index (χ0v) is 19.2. The van der Waals surface area contributed by atoms with Gasteiger partial charge in [0, 0.05) is 30.6 Å². The summed E-state index contributed by atoms with van der Waals surface area (Å²) in [7, 11) is 1.78. The number of rotatable bonds is 8. The van der Waals surface area contributed by atoms with Gasteiger partial charge < -0.3 is 10.2 Å². The van der Waals surface area contributed by atoms with E-state index >= 15 is 0 Å². The number of aromatic nitrogens is 1. The van der Waals surface area contributed by atoms with E-state index in [-0.39, 0.29) is 30.2 Å². The summed E-state index contributed by atoms with van der Waals surface area (Å²) in [5.41, 5.74) is 2.12. The van der Waals surface area contributed by atoms with Crippen LogP contribution in [0.15, 0.2) is 47.2 Å². The van der Waals surface area contributed by atoms with Gasteiger partial charge in [0.2, 0.25) is 5.91 Å². The highest BCUT2D eigenvalue weighted by molar-refractivity contribution is 7.14. The zero-order chi connectivity index (χ0) is 22.4. The first kappa shape index (κ1) is 22.6. The van der Waals surface area contributed by atoms with E-state index in [0.717, 1.165) is 5.56 Å². The van der Waals surface area contributed by atoms with Crippen LogP contribution in [0.2, 0.25) is 0 Å². The summed E-state index contributed by atoms with van der Waals surface area (Å²) in [6, 6.07) is 10.9. The van der Waals surface area contributed by atoms with E-state index in [1.165, 1.54) is 22.7 Å². The predicted molar refractivity (Wildman–Crippen MR) is 124 cm³/mol. The second-order valence-electron chi connectivity index (χ2n) is 7.24. The molecule has 2 heterocycles. The molecule has 31 heavy (non-hydrogen) atoms. The molecule has 0 aliphatic rings. The van der Waals surface area contributed by atoms with E-state index in [0.29, 0.717) is 27.8 Å². The minimum Gasteiger partial charge on any atom is -0.352 e. The normalized spacial score (nSPS) is 10.7. The molecular weight excluding hydrogens is 432 g/mol. The van der Waals surface area contributed by atoms with E-state index in [2.05, 4.69) is 15.6 Å². The fraction of sp³-hybridized carbons (Fsp3) is 0.273. The second kappa shape index (κ2) is 10.3. The fourth-order valence-electron chi connectivity index (χ4n) is 2.64. The number of thiophene rings is 1. The monoisotopic (exact) mass is 456 g/mol. The lowest BCUT2D eigenvalue weighted by Crippen LogP contribution is -2.32. The summed E-state index contributed by atoms with van der Waals surface area (Å²) in [4.78, 5) is 43.2. The van der Waals surface area contributed by atoms with Gasteiger partial charge >= 0.3 is 0 Å². The van der Waals surface area contributed by atoms with Crippen molar-refractivity contribution in [3.8, 4) is 0 Å². The Kier molecular flexibility index (Phi) is 7.54. The molecule has 0 aliphatic heterocycles. The Morgan fingerprint density at radius 2 is 1.84 bits per heavy atom. The van der Waals surface area contributed by atoms with Crippen LogP contribution in [0.4, 0.5) is 5.13 Å². The summed E-state index contributed by atoms with van der Waals surface area (Å²) < 4.78 is 0. The molecule has 0 unspecified atom stereocenters. The van der Waals surface area contributed by atoms with Crippen molar-refractivity contribution in [2.75, 3.05) is 12.4 Å². The second-order valence-corrected chi connectivity index (χ2v) is 9.04. The van der Waals surface area contributed by atoms with Gasteiger partial charge in [-0.3, -0.25) is 19.7 Å². The summed E-state index contributed by atoms with van der Waals surface area (Å²) in [5.74, 6) is -0.404. The maximum absolute atomic E-state index is 12.3. The number of amides is 3. The van der Waals surface area contributed by atoms with Gasteiger partial charge in [-0.1, -0.05) is 18.2 Å². The van der Waals surface area contributed by atoms with E-state index < -0.39 is 0 Å². The Morgan fingerprint density at radius 3 is 2.48 bits per heavy atom. The van der Waals surface area contributed by atoms with Crippen LogP contribution in [0.3, 0.4) is 0 Å². The van der Waals surface area contributed by atoms with Crippen molar-refractivity contribution in [3.63, 3.8) is 0 Å². The molecule has 2 aromatic heterocycles. The molecule has 7 nitrogen and oxygen atoms in total. The number of anilines is 1. The molecule has 0 spiro atoms. The van der Waals surface area contributed by atoms with Gasteiger partial charge in [-0.05, 0) is 43.0 Å². The van der Waals surface area contributed by atoms with Crippen LogP contribution in [0, 0.1) is 0 Å². The predicted octanol–water partition coefficient (Wildman–Crippen LogP) is 3.80. The van der Waals surface area contributed by atoms with Gasteiger partial charge in [-0.15, -0.1) is 22.7 Å². The largest absolute Gasteiger partial charge is 0.352 e. The van der Waals surface area contributed by atoms with Crippen molar-refractivity contribution in [2.24, 2.45) is 0 Å². The third kappa shape index (κ3) is 6.22. The molecule has 0 radical (unpaired) electrons. The number of hydrogen-bond donors (Lipinski definition) is 2. The molecular formula is C22H24N4O3S2. The van der Waals surface area contributed by atoms with E-state index in [1.807, 2.05) is 37.4 Å². The molecule has 9 heteroatoms. The number of thiazole rings is 1. The molecule has 1 aromatic carbocycles. The smallest absolute Gasteiger partial charge is 0.267 e. The van der Waals surface area contributed by atoms with Crippen molar-refractivity contribution >= 4 is 45.5 Å². The first-order chi connectivity index (χ1) is 14.8. The van der Waals surface area contributed by atoms with Gasteiger partial charge in [0.15, 0.2) is 5.13 Å². The van der Waals surface area contributed by atoms with Gasteiger partial charge in [0.1, 0.15) is 0 Å². The van der Waals surface area contributed by atoms with Crippen LogP contribution in [0.5, 0.6) is 0 Å². The minimum atomic E-state index is -0.207. The molecule has 3 amide bonds. The molecule has 3 rings (SSSR count). The Bertz CT molecular complexity index is 1040. The van der Waals surface area contributed by atoms with Crippen molar-refractivity contribution in [3.05, 3.63) is 68.9 Å². The van der Waals surface area contributed by atoms with Crippen LogP contribution < -0.4 is 10.6 Å². The molecule has 0 saturated carbocycles. The van der Waals surface area contributed by atoms with Crippen LogP contribution in [0.25, 0.3) is 0 Å². The van der Waals surface area contributed by atoms with Crippen molar-refractivity contribution in [1.29, 1.82) is 0 Å². The highest BCUT2D eigenvalue weighted by Crippen LogP contribution is 2.18. The SMILES string of the molecule is CC(C)N(C)C(=O)c1ccc(CNC(=O)Cc2csc(NC(=O)c3cccs3)n2)cc1. The molecule has 0 atom stereocenters. The van der Waals surface area contributed by atoms with Gasteiger partial charge in [0.05, 0.1) is 17.0 Å². The first-order valence-electron chi connectivity index (χ1n) is 9.75. The summed E-state index contributed by atoms with van der Waals surface area (Å²) >= 11 is 2.64. The number of nitrogens with zero attached hydrogens (tertiary/aromatic N) is 2. The summed E-state index contributed by atoms with van der Waals surface area (Å²) in [6.07, 6.45) is 0.126. The van der Waals surface area contributed by atoms with Crippen molar-refractivity contribution in [2.45, 2.75) is 32.9 Å². The molecule has 0 fully saturated rings. The Hall–Kier alpha value is -3.04. The average molecular weight is 457 g/mol. The minimum absolute atomic E-state index is 0.0314. The van der Waals surface area contributed by atoms with Crippen molar-refractivity contribution < 1.29 is 14.4 Å². The highest BCUT2D eigenvalue weighted by atomic mass is 32.1. The van der Waals surface area contributed by atoms with Crippen LogP contribution in [-0.2, 0) is 17.8 Å². The standard InChI is InChI=1S/C22H24N4O3S2/c1-14(2)26(3)21(29)16-8-6-15(7-9-16)12-23-19(27)11-17-13-31-22(24-17)25-20(28)18-5-4-10-30-18/h4-10,13-14H,11-12H2,1-3H3,(H,23,27)(H,24,25,28). The first-order valence-corrected chi connectivity index (χ1v) is 11.5. The number of carbonyl (C=O) groups excluding carboxylic acids is 3. The number of benzene rings is 1. The van der Waals surface area contributed by atoms with Gasteiger partial charge in [-0.25, -0.2) is 4.98 Å². The third-order valence-corrected chi connectivity index (χ3v) is 6.32. The third-order valence-electron chi connectivity index (χ3n) is 4.64. The maximum Gasteiger partial charge on any atom is 0.267 e.